The quantitative estimate of drug-likeness (QED) is 0.100. The van der Waals surface area contributed by atoms with Crippen molar-refractivity contribution >= 4 is 11.9 Å². The Balaban J connectivity index is 1.72. The van der Waals surface area contributed by atoms with Crippen LogP contribution in [0.2, 0.25) is 0 Å². The van der Waals surface area contributed by atoms with Gasteiger partial charge in [0.2, 0.25) is 0 Å². The number of aliphatic hydroxyl groups is 2. The first-order valence-corrected chi connectivity index (χ1v) is 14.5. The molecule has 0 spiro atoms. The number of carbonyl (C=O) groups is 2. The second kappa shape index (κ2) is 14.8. The molecule has 2 aliphatic carbocycles. The largest absolute Gasteiger partial charge is 0.465 e. The van der Waals surface area contributed by atoms with Crippen LogP contribution in [0, 0.1) is 23.7 Å². The Morgan fingerprint density at radius 1 is 0.511 bits per heavy atom. The van der Waals surface area contributed by atoms with E-state index in [9.17, 15) is 62.3 Å². The first kappa shape index (κ1) is 39.2. The number of esters is 2. The highest BCUT2D eigenvalue weighted by Gasteiger charge is 2.70. The molecule has 6 nitrogen and oxygen atoms in total. The van der Waals surface area contributed by atoms with Crippen molar-refractivity contribution in [3.05, 3.63) is 0 Å². The monoisotopic (exact) mass is 684 g/mol. The lowest BCUT2D eigenvalue weighted by molar-refractivity contribution is -0.370. The van der Waals surface area contributed by atoms with Gasteiger partial charge in [-0.05, 0) is 69.6 Å². The van der Waals surface area contributed by atoms with Gasteiger partial charge in [-0.2, -0.15) is 52.7 Å². The SMILES string of the molecule is O=C(OCCCCCCC(O)(C(F)(F)F)C(F)(F)F)C1C2CCC(C2)C1C(=O)OCCCCCCC(O)(C(F)(F)F)C(F)(F)F. The summed E-state index contributed by atoms with van der Waals surface area (Å²) in [6, 6.07) is 0. The second-order valence-corrected chi connectivity index (χ2v) is 11.8. The molecule has 2 fully saturated rings. The van der Waals surface area contributed by atoms with Crippen molar-refractivity contribution in [2.45, 2.75) is 119 Å². The van der Waals surface area contributed by atoms with E-state index in [1.165, 1.54) is 0 Å². The summed E-state index contributed by atoms with van der Waals surface area (Å²) in [5.74, 6) is -3.38. The molecule has 2 saturated carbocycles. The number of carbonyl (C=O) groups excluding carboxylic acids is 2. The van der Waals surface area contributed by atoms with Gasteiger partial charge in [0, 0.05) is 0 Å². The highest BCUT2D eigenvalue weighted by molar-refractivity contribution is 5.83. The number of hydrogen-bond acceptors (Lipinski definition) is 6. The molecule has 0 saturated heterocycles. The Labute approximate surface area is 250 Å². The van der Waals surface area contributed by atoms with Gasteiger partial charge >= 0.3 is 36.6 Å². The minimum absolute atomic E-state index is 0.104. The molecule has 2 aliphatic rings. The van der Waals surface area contributed by atoms with Gasteiger partial charge in [0.15, 0.2) is 0 Å². The summed E-state index contributed by atoms with van der Waals surface area (Å²) in [5.41, 5.74) is -9.64. The lowest BCUT2D eigenvalue weighted by Crippen LogP contribution is -2.56. The van der Waals surface area contributed by atoms with Crippen molar-refractivity contribution in [2.75, 3.05) is 13.2 Å². The van der Waals surface area contributed by atoms with E-state index in [1.807, 2.05) is 0 Å². The third-order valence-electron chi connectivity index (χ3n) is 8.69. The number of fused-ring (bicyclic) bond motifs is 2. The molecule has 0 amide bonds. The lowest BCUT2D eigenvalue weighted by Gasteiger charge is -2.32. The lowest BCUT2D eigenvalue weighted by atomic mass is 9.79. The Morgan fingerprint density at radius 2 is 0.800 bits per heavy atom. The zero-order chi connectivity index (χ0) is 34.5. The van der Waals surface area contributed by atoms with E-state index in [1.54, 1.807) is 0 Å². The normalized spacial score (nSPS) is 23.0. The minimum atomic E-state index is -5.90. The predicted octanol–water partition coefficient (Wildman–Crippen LogP) is 7.35. The summed E-state index contributed by atoms with van der Waals surface area (Å²) in [6.07, 6.45) is -25.8. The van der Waals surface area contributed by atoms with Crippen LogP contribution < -0.4 is 0 Å². The van der Waals surface area contributed by atoms with E-state index < -0.39 is 85.4 Å². The number of ether oxygens (including phenoxy) is 2. The molecule has 18 heteroatoms. The van der Waals surface area contributed by atoms with Crippen LogP contribution in [0.3, 0.4) is 0 Å². The van der Waals surface area contributed by atoms with Crippen LogP contribution in [-0.2, 0) is 19.1 Å². The first-order valence-electron chi connectivity index (χ1n) is 14.5. The van der Waals surface area contributed by atoms with Gasteiger partial charge in [-0.1, -0.05) is 25.7 Å². The van der Waals surface area contributed by atoms with Crippen LogP contribution >= 0.6 is 0 Å². The third-order valence-corrected chi connectivity index (χ3v) is 8.69. The summed E-state index contributed by atoms with van der Waals surface area (Å²) in [7, 11) is 0. The second-order valence-electron chi connectivity index (χ2n) is 11.8. The number of rotatable bonds is 16. The Bertz CT molecular complexity index is 871. The molecule has 264 valence electrons. The molecule has 0 radical (unpaired) electrons. The molecule has 2 N–H and O–H groups in total. The van der Waals surface area contributed by atoms with Crippen molar-refractivity contribution in [3.63, 3.8) is 0 Å². The van der Waals surface area contributed by atoms with Gasteiger partial charge < -0.3 is 19.7 Å². The van der Waals surface area contributed by atoms with Crippen LogP contribution in [0.4, 0.5) is 52.7 Å². The highest BCUT2D eigenvalue weighted by atomic mass is 19.4. The fourth-order valence-electron chi connectivity index (χ4n) is 6.07. The molecule has 0 heterocycles. The van der Waals surface area contributed by atoms with Crippen LogP contribution in [0.15, 0.2) is 0 Å². The number of unbranched alkanes of at least 4 members (excludes halogenated alkanes) is 6. The van der Waals surface area contributed by atoms with E-state index in [-0.39, 0.29) is 63.6 Å². The van der Waals surface area contributed by atoms with Crippen LogP contribution in [0.1, 0.15) is 83.5 Å². The van der Waals surface area contributed by atoms with Crippen LogP contribution in [-0.4, -0.2) is 71.3 Å². The maximum absolute atomic E-state index is 12.8. The van der Waals surface area contributed by atoms with E-state index >= 15 is 0 Å². The van der Waals surface area contributed by atoms with Gasteiger partial charge in [0.05, 0.1) is 25.0 Å². The minimum Gasteiger partial charge on any atom is -0.465 e. The van der Waals surface area contributed by atoms with Crippen molar-refractivity contribution < 1.29 is 82.0 Å². The van der Waals surface area contributed by atoms with E-state index in [2.05, 4.69) is 0 Å². The molecule has 0 aromatic heterocycles. The Hall–Kier alpha value is -1.98. The molecule has 4 unspecified atom stereocenters. The van der Waals surface area contributed by atoms with E-state index in [4.69, 9.17) is 19.7 Å². The third kappa shape index (κ3) is 9.31. The van der Waals surface area contributed by atoms with Crippen molar-refractivity contribution in [1.29, 1.82) is 0 Å². The number of halogens is 12. The van der Waals surface area contributed by atoms with Gasteiger partial charge in [-0.15, -0.1) is 0 Å². The van der Waals surface area contributed by atoms with Crippen LogP contribution in [0.25, 0.3) is 0 Å². The van der Waals surface area contributed by atoms with Gasteiger partial charge in [0.1, 0.15) is 0 Å². The van der Waals surface area contributed by atoms with E-state index in [0.717, 1.165) is 0 Å². The molecular weight excluding hydrogens is 648 g/mol. The first-order chi connectivity index (χ1) is 20.5. The molecule has 2 bridgehead atoms. The number of hydrogen-bond donors (Lipinski definition) is 2. The Morgan fingerprint density at radius 3 is 1.09 bits per heavy atom. The molecule has 4 atom stereocenters. The standard InChI is InChI=1S/C27H36F12O6/c28-24(29,30)22(42,25(31,32)33)11-5-1-3-7-13-44-20(40)18-16-9-10-17(15-16)19(18)21(41)45-14-8-4-2-6-12-23(43,26(34,35)36)27(37,38)39/h16-19,42-43H,1-15H2. The molecule has 0 aromatic carbocycles. The Kier molecular flexibility index (Phi) is 12.9. The van der Waals surface area contributed by atoms with Crippen LogP contribution in [0.5, 0.6) is 0 Å². The molecule has 45 heavy (non-hydrogen) atoms. The summed E-state index contributed by atoms with van der Waals surface area (Å²) >= 11 is 0. The molecule has 2 rings (SSSR count). The maximum atomic E-state index is 12.8. The smallest absolute Gasteiger partial charge is 0.426 e. The highest BCUT2D eigenvalue weighted by Crippen LogP contribution is 2.53. The maximum Gasteiger partial charge on any atom is 0.426 e. The van der Waals surface area contributed by atoms with Crippen molar-refractivity contribution in [2.24, 2.45) is 23.7 Å². The zero-order valence-electron chi connectivity index (χ0n) is 24.0. The summed E-state index contributed by atoms with van der Waals surface area (Å²) in [4.78, 5) is 25.5. The summed E-state index contributed by atoms with van der Waals surface area (Å²) in [6.45, 7) is -0.399. The molecule has 0 aromatic rings. The van der Waals surface area contributed by atoms with Gasteiger partial charge in [-0.3, -0.25) is 9.59 Å². The van der Waals surface area contributed by atoms with E-state index in [0.29, 0.717) is 19.3 Å². The predicted molar refractivity (Wildman–Crippen MR) is 130 cm³/mol. The fourth-order valence-corrected chi connectivity index (χ4v) is 6.07. The molecular formula is C27H36F12O6. The topological polar surface area (TPSA) is 93.1 Å². The number of alkyl halides is 12. The average Bonchev–Trinajstić information content (AvgIpc) is 3.51. The summed E-state index contributed by atoms with van der Waals surface area (Å²) in [5, 5.41) is 18.3. The average molecular weight is 685 g/mol. The molecule has 0 aliphatic heterocycles. The summed E-state index contributed by atoms with van der Waals surface area (Å²) < 4.78 is 163. The van der Waals surface area contributed by atoms with Gasteiger partial charge in [0.25, 0.3) is 11.2 Å². The van der Waals surface area contributed by atoms with Crippen molar-refractivity contribution in [3.8, 4) is 0 Å². The zero-order valence-corrected chi connectivity index (χ0v) is 24.0. The van der Waals surface area contributed by atoms with Gasteiger partial charge in [-0.25, -0.2) is 0 Å². The van der Waals surface area contributed by atoms with Crippen molar-refractivity contribution in [1.82, 2.24) is 0 Å². The fraction of sp³-hybridized carbons (Fsp3) is 0.926.